The van der Waals surface area contributed by atoms with Crippen LogP contribution >= 0.6 is 0 Å². The molecule has 0 radical (unpaired) electrons. The van der Waals surface area contributed by atoms with Crippen molar-refractivity contribution in [2.75, 3.05) is 13.2 Å². The van der Waals surface area contributed by atoms with E-state index in [1.54, 1.807) is 0 Å². The van der Waals surface area contributed by atoms with Gasteiger partial charge < -0.3 is 14.2 Å². The third kappa shape index (κ3) is 61.1. The molecule has 0 aliphatic carbocycles. The summed E-state index contributed by atoms with van der Waals surface area (Å²) in [7, 11) is 0. The van der Waals surface area contributed by atoms with E-state index in [4.69, 9.17) is 14.2 Å². The third-order valence-electron chi connectivity index (χ3n) is 13.6. The first kappa shape index (κ1) is 71.3. The van der Waals surface area contributed by atoms with Gasteiger partial charge in [-0.05, 0) is 96.3 Å². The lowest BCUT2D eigenvalue weighted by atomic mass is 10.0. The second kappa shape index (κ2) is 62.9. The summed E-state index contributed by atoms with van der Waals surface area (Å²) in [5, 5.41) is 0. The van der Waals surface area contributed by atoms with E-state index < -0.39 is 6.10 Å². The highest BCUT2D eigenvalue weighted by Gasteiger charge is 2.19. The number of unbranched alkanes of at least 4 members (excludes halogenated alkanes) is 30. The summed E-state index contributed by atoms with van der Waals surface area (Å²) >= 11 is 0. The minimum Gasteiger partial charge on any atom is -0.462 e. The molecule has 0 fully saturated rings. The molecule has 0 amide bonds. The van der Waals surface area contributed by atoms with Gasteiger partial charge in [0.1, 0.15) is 13.2 Å². The van der Waals surface area contributed by atoms with Crippen LogP contribution in [0.3, 0.4) is 0 Å². The van der Waals surface area contributed by atoms with Gasteiger partial charge in [-0.2, -0.15) is 0 Å². The zero-order valence-corrected chi connectivity index (χ0v) is 49.3. The van der Waals surface area contributed by atoms with E-state index >= 15 is 0 Å². The molecule has 0 aliphatic rings. The Balaban J connectivity index is 4.10. The van der Waals surface area contributed by atoms with Gasteiger partial charge >= 0.3 is 17.9 Å². The van der Waals surface area contributed by atoms with Crippen molar-refractivity contribution < 1.29 is 28.6 Å². The molecule has 0 spiro atoms. The molecular weight excluding hydrogens is 925 g/mol. The van der Waals surface area contributed by atoms with Gasteiger partial charge in [0.25, 0.3) is 0 Å². The molecule has 75 heavy (non-hydrogen) atoms. The Labute approximate surface area is 464 Å². The van der Waals surface area contributed by atoms with Gasteiger partial charge in [-0.25, -0.2) is 0 Å². The van der Waals surface area contributed by atoms with Crippen LogP contribution < -0.4 is 0 Å². The van der Waals surface area contributed by atoms with Crippen molar-refractivity contribution in [2.24, 2.45) is 0 Å². The Hall–Kier alpha value is -3.67. The van der Waals surface area contributed by atoms with E-state index in [0.29, 0.717) is 19.3 Å². The van der Waals surface area contributed by atoms with Gasteiger partial charge in [-0.15, -0.1) is 0 Å². The van der Waals surface area contributed by atoms with E-state index in [1.807, 2.05) is 0 Å². The maximum Gasteiger partial charge on any atom is 0.306 e. The number of ether oxygens (including phenoxy) is 3. The monoisotopic (exact) mass is 1040 g/mol. The number of rotatable bonds is 57. The predicted octanol–water partition coefficient (Wildman–Crippen LogP) is 21.7. The number of hydrogen-bond acceptors (Lipinski definition) is 6. The van der Waals surface area contributed by atoms with Crippen molar-refractivity contribution >= 4 is 17.9 Å². The Bertz CT molecular complexity index is 1480. The molecular formula is C69H118O6. The maximum absolute atomic E-state index is 12.8. The molecule has 0 aromatic carbocycles. The summed E-state index contributed by atoms with van der Waals surface area (Å²) in [6.45, 7) is 6.40. The van der Waals surface area contributed by atoms with Crippen LogP contribution in [0.2, 0.25) is 0 Å². The normalized spacial score (nSPS) is 12.7. The molecule has 0 heterocycles. The molecule has 0 aromatic heterocycles. The first-order chi connectivity index (χ1) is 37.0. The van der Waals surface area contributed by atoms with Gasteiger partial charge in [-0.3, -0.25) is 14.4 Å². The first-order valence-corrected chi connectivity index (χ1v) is 31.7. The van der Waals surface area contributed by atoms with Crippen LogP contribution in [-0.4, -0.2) is 37.2 Å². The quantitative estimate of drug-likeness (QED) is 0.0261. The fraction of sp³-hybridized carbons (Fsp3) is 0.725. The molecule has 6 heteroatoms. The largest absolute Gasteiger partial charge is 0.462 e. The smallest absolute Gasteiger partial charge is 0.306 e. The topological polar surface area (TPSA) is 78.9 Å². The number of allylic oxidation sites excluding steroid dienone is 16. The van der Waals surface area contributed by atoms with Crippen LogP contribution in [0.25, 0.3) is 0 Å². The van der Waals surface area contributed by atoms with Crippen LogP contribution in [0.5, 0.6) is 0 Å². The van der Waals surface area contributed by atoms with Crippen molar-refractivity contribution in [2.45, 2.75) is 309 Å². The van der Waals surface area contributed by atoms with Crippen LogP contribution in [0, 0.1) is 0 Å². The Kier molecular flexibility index (Phi) is 59.8. The van der Waals surface area contributed by atoms with E-state index in [0.717, 1.165) is 116 Å². The van der Waals surface area contributed by atoms with Gasteiger partial charge in [-0.1, -0.05) is 285 Å². The number of carbonyl (C=O) groups excluding carboxylic acids is 3. The molecule has 0 bridgehead atoms. The minimum atomic E-state index is -0.789. The number of carbonyl (C=O) groups is 3. The molecule has 0 aliphatic heterocycles. The van der Waals surface area contributed by atoms with Crippen LogP contribution in [0.4, 0.5) is 0 Å². The van der Waals surface area contributed by atoms with Crippen molar-refractivity contribution in [1.29, 1.82) is 0 Å². The Morgan fingerprint density at radius 3 is 0.827 bits per heavy atom. The lowest BCUT2D eigenvalue weighted by Crippen LogP contribution is -2.30. The molecule has 0 N–H and O–H groups in total. The summed E-state index contributed by atoms with van der Waals surface area (Å²) in [5.74, 6) is -0.906. The average Bonchev–Trinajstić information content (AvgIpc) is 3.41. The molecule has 1 unspecified atom stereocenters. The van der Waals surface area contributed by atoms with Crippen LogP contribution in [0.1, 0.15) is 303 Å². The highest BCUT2D eigenvalue weighted by molar-refractivity contribution is 5.71. The van der Waals surface area contributed by atoms with Gasteiger partial charge in [0.15, 0.2) is 6.10 Å². The van der Waals surface area contributed by atoms with Crippen molar-refractivity contribution in [3.63, 3.8) is 0 Å². The van der Waals surface area contributed by atoms with E-state index in [-0.39, 0.29) is 31.1 Å². The van der Waals surface area contributed by atoms with E-state index in [1.165, 1.54) is 148 Å². The molecule has 430 valence electrons. The molecule has 0 aromatic rings. The SMILES string of the molecule is CC/C=C\C/C=C\C/C=C\C/C=C\C/C=C\CCCCCCCCCCCCCCCCCCCC(=O)OCC(COC(=O)CCCCCCCCCCCCC)OC(=O)CCCCC/C=C\C/C=C\C/C=C\CC. The summed E-state index contributed by atoms with van der Waals surface area (Å²) in [6.07, 6.45) is 84.4. The Morgan fingerprint density at radius 1 is 0.280 bits per heavy atom. The van der Waals surface area contributed by atoms with Gasteiger partial charge in [0.05, 0.1) is 0 Å². The second-order valence-electron chi connectivity index (χ2n) is 20.9. The lowest BCUT2D eigenvalue weighted by Gasteiger charge is -2.18. The maximum atomic E-state index is 12.8. The van der Waals surface area contributed by atoms with Crippen LogP contribution in [0.15, 0.2) is 97.2 Å². The molecule has 0 rings (SSSR count). The number of hydrogen-bond donors (Lipinski definition) is 0. The van der Waals surface area contributed by atoms with Crippen molar-refractivity contribution in [3.05, 3.63) is 97.2 Å². The summed E-state index contributed by atoms with van der Waals surface area (Å²) in [6, 6.07) is 0. The zero-order chi connectivity index (χ0) is 54.3. The van der Waals surface area contributed by atoms with Crippen LogP contribution in [-0.2, 0) is 28.6 Å². The fourth-order valence-electron chi connectivity index (χ4n) is 8.90. The van der Waals surface area contributed by atoms with Gasteiger partial charge in [0.2, 0.25) is 0 Å². The summed E-state index contributed by atoms with van der Waals surface area (Å²) in [5.41, 5.74) is 0. The lowest BCUT2D eigenvalue weighted by molar-refractivity contribution is -0.167. The predicted molar refractivity (Wildman–Crippen MR) is 325 cm³/mol. The van der Waals surface area contributed by atoms with Crippen molar-refractivity contribution in [3.8, 4) is 0 Å². The fourth-order valence-corrected chi connectivity index (χ4v) is 8.90. The first-order valence-electron chi connectivity index (χ1n) is 31.7. The van der Waals surface area contributed by atoms with E-state index in [2.05, 4.69) is 118 Å². The summed E-state index contributed by atoms with van der Waals surface area (Å²) < 4.78 is 16.8. The molecule has 6 nitrogen and oxygen atoms in total. The Morgan fingerprint density at radius 2 is 0.520 bits per heavy atom. The third-order valence-corrected chi connectivity index (χ3v) is 13.6. The minimum absolute atomic E-state index is 0.0850. The highest BCUT2D eigenvalue weighted by atomic mass is 16.6. The van der Waals surface area contributed by atoms with Gasteiger partial charge in [0, 0.05) is 19.3 Å². The van der Waals surface area contributed by atoms with Crippen molar-refractivity contribution in [1.82, 2.24) is 0 Å². The molecule has 0 saturated heterocycles. The summed E-state index contributed by atoms with van der Waals surface area (Å²) in [4.78, 5) is 38.1. The molecule has 1 atom stereocenters. The van der Waals surface area contributed by atoms with E-state index in [9.17, 15) is 14.4 Å². The average molecular weight is 1040 g/mol. The zero-order valence-electron chi connectivity index (χ0n) is 49.3. The molecule has 0 saturated carbocycles. The second-order valence-corrected chi connectivity index (χ2v) is 20.9. The number of esters is 3. The standard InChI is InChI=1S/C69H118O6/c1-4-7-10-13-16-19-22-24-25-26-27-28-29-30-31-32-33-34-35-36-37-38-39-40-41-42-43-45-47-50-53-56-59-62-68(71)74-65-66(64-73-67(70)61-58-55-52-49-46-21-18-15-12-9-6-3)75-69(72)63-60-57-54-51-48-44-23-20-17-14-11-8-5-2/h7-8,10-11,16-17,19-20,24-25,27-28,30-31,44,48,66H,4-6,9,12-15,18,21-23,26,29,32-43,45-47,49-65H2,1-3H3/b10-7-,11-8-,19-16-,20-17-,25-24-,28-27-,31-30-,48-44-. The highest BCUT2D eigenvalue weighted by Crippen LogP contribution is 2.17.